The first kappa shape index (κ1) is 17.4. The summed E-state index contributed by atoms with van der Waals surface area (Å²) in [6, 6.07) is 6.16. The Hall–Kier alpha value is -0.970. The molecule has 1 fully saturated rings. The van der Waals surface area contributed by atoms with Crippen LogP contribution in [0.15, 0.2) is 18.2 Å². The van der Waals surface area contributed by atoms with Gasteiger partial charge in [0, 0.05) is 18.6 Å². The Kier molecular flexibility index (Phi) is 5.59. The molecule has 4 nitrogen and oxygen atoms in total. The molecule has 1 amide bonds. The minimum Gasteiger partial charge on any atom is -0.444 e. The lowest BCUT2D eigenvalue weighted by Crippen LogP contribution is -2.52. The zero-order valence-corrected chi connectivity index (χ0v) is 14.6. The van der Waals surface area contributed by atoms with Crippen molar-refractivity contribution < 1.29 is 9.53 Å². The molecule has 1 saturated carbocycles. The van der Waals surface area contributed by atoms with Crippen LogP contribution in [0.2, 0.25) is 10.0 Å². The van der Waals surface area contributed by atoms with Crippen LogP contribution < -0.4 is 10.6 Å². The first-order valence-electron chi connectivity index (χ1n) is 7.40. The van der Waals surface area contributed by atoms with Gasteiger partial charge in [-0.2, -0.15) is 0 Å². The van der Waals surface area contributed by atoms with Crippen molar-refractivity contribution in [2.24, 2.45) is 0 Å². The summed E-state index contributed by atoms with van der Waals surface area (Å²) in [5.74, 6) is 0. The Morgan fingerprint density at radius 2 is 1.95 bits per heavy atom. The van der Waals surface area contributed by atoms with E-state index in [1.165, 1.54) is 0 Å². The second-order valence-electron chi connectivity index (χ2n) is 6.61. The second-order valence-corrected chi connectivity index (χ2v) is 7.39. The highest BCUT2D eigenvalue weighted by Crippen LogP contribution is 2.26. The Balaban J connectivity index is 1.69. The van der Waals surface area contributed by atoms with Crippen molar-refractivity contribution in [2.75, 3.05) is 0 Å². The molecule has 6 heteroatoms. The third-order valence-electron chi connectivity index (χ3n) is 3.47. The summed E-state index contributed by atoms with van der Waals surface area (Å²) in [5.41, 5.74) is 0.521. The van der Waals surface area contributed by atoms with E-state index in [0.717, 1.165) is 18.4 Å². The molecule has 1 aliphatic carbocycles. The van der Waals surface area contributed by atoms with Crippen molar-refractivity contribution >= 4 is 29.3 Å². The van der Waals surface area contributed by atoms with E-state index in [1.807, 2.05) is 32.9 Å². The Labute approximate surface area is 141 Å². The summed E-state index contributed by atoms with van der Waals surface area (Å²) in [6.45, 7) is 6.23. The van der Waals surface area contributed by atoms with Gasteiger partial charge >= 0.3 is 6.09 Å². The van der Waals surface area contributed by atoms with Gasteiger partial charge in [0.1, 0.15) is 5.60 Å². The third-order valence-corrected chi connectivity index (χ3v) is 4.33. The van der Waals surface area contributed by atoms with Crippen LogP contribution in [0.5, 0.6) is 0 Å². The third kappa shape index (κ3) is 5.04. The first-order chi connectivity index (χ1) is 10.2. The standard InChI is InChI=1S/C16H22Cl2N2O2/c1-16(2,3)22-15(21)20-12-7-11(8-12)19-9-10-5-4-6-13(17)14(10)18/h4-6,11-12,19H,7-9H2,1-3H3,(H,20,21). The van der Waals surface area contributed by atoms with Crippen LogP contribution in [0, 0.1) is 0 Å². The lowest BCUT2D eigenvalue weighted by atomic mass is 9.87. The molecule has 0 spiro atoms. The molecule has 0 unspecified atom stereocenters. The second kappa shape index (κ2) is 7.07. The van der Waals surface area contributed by atoms with Gasteiger partial charge in [-0.15, -0.1) is 0 Å². The van der Waals surface area contributed by atoms with Crippen molar-refractivity contribution in [1.82, 2.24) is 10.6 Å². The van der Waals surface area contributed by atoms with Crippen molar-refractivity contribution in [3.63, 3.8) is 0 Å². The van der Waals surface area contributed by atoms with Crippen LogP contribution in [-0.4, -0.2) is 23.8 Å². The summed E-state index contributed by atoms with van der Waals surface area (Å²) in [6.07, 6.45) is 1.42. The van der Waals surface area contributed by atoms with Crippen LogP contribution in [0.1, 0.15) is 39.2 Å². The molecule has 22 heavy (non-hydrogen) atoms. The molecule has 0 atom stereocenters. The van der Waals surface area contributed by atoms with E-state index >= 15 is 0 Å². The lowest BCUT2D eigenvalue weighted by molar-refractivity contribution is 0.0465. The van der Waals surface area contributed by atoms with Crippen LogP contribution in [0.25, 0.3) is 0 Å². The smallest absolute Gasteiger partial charge is 0.407 e. The molecule has 0 aliphatic heterocycles. The van der Waals surface area contributed by atoms with Gasteiger partial charge in [0.25, 0.3) is 0 Å². The van der Waals surface area contributed by atoms with Gasteiger partial charge in [0.2, 0.25) is 0 Å². The highest BCUT2D eigenvalue weighted by molar-refractivity contribution is 6.42. The van der Waals surface area contributed by atoms with Gasteiger partial charge in [0.05, 0.1) is 10.0 Å². The predicted molar refractivity (Wildman–Crippen MR) is 89.5 cm³/mol. The predicted octanol–water partition coefficient (Wildman–Crippen LogP) is 4.14. The number of alkyl carbamates (subject to hydrolysis) is 1. The normalized spacial score (nSPS) is 21.1. The lowest BCUT2D eigenvalue weighted by Gasteiger charge is -2.36. The number of benzene rings is 1. The minimum atomic E-state index is -0.463. The maximum atomic E-state index is 11.6. The number of halogens is 2. The van der Waals surface area contributed by atoms with E-state index in [0.29, 0.717) is 22.6 Å². The van der Waals surface area contributed by atoms with Gasteiger partial charge in [-0.05, 0) is 45.2 Å². The highest BCUT2D eigenvalue weighted by atomic mass is 35.5. The first-order valence-corrected chi connectivity index (χ1v) is 8.16. The van der Waals surface area contributed by atoms with E-state index in [2.05, 4.69) is 10.6 Å². The van der Waals surface area contributed by atoms with E-state index in [-0.39, 0.29) is 12.1 Å². The Morgan fingerprint density at radius 3 is 2.59 bits per heavy atom. The molecule has 0 radical (unpaired) electrons. The number of rotatable bonds is 4. The molecule has 0 saturated heterocycles. The molecule has 2 N–H and O–H groups in total. The van der Waals surface area contributed by atoms with Crippen molar-refractivity contribution in [1.29, 1.82) is 0 Å². The SMILES string of the molecule is CC(C)(C)OC(=O)NC1CC(NCc2cccc(Cl)c2Cl)C1. The van der Waals surface area contributed by atoms with Crippen LogP contribution in [-0.2, 0) is 11.3 Å². The quantitative estimate of drug-likeness (QED) is 0.862. The molecule has 0 bridgehead atoms. The number of ether oxygens (including phenoxy) is 1. The largest absolute Gasteiger partial charge is 0.444 e. The topological polar surface area (TPSA) is 50.4 Å². The van der Waals surface area contributed by atoms with Crippen LogP contribution in [0.4, 0.5) is 4.79 Å². The molecule has 1 aromatic rings. The molecule has 0 aromatic heterocycles. The van der Waals surface area contributed by atoms with Crippen molar-refractivity contribution in [2.45, 2.75) is 57.8 Å². The van der Waals surface area contributed by atoms with E-state index < -0.39 is 5.60 Å². The monoisotopic (exact) mass is 344 g/mol. The fourth-order valence-corrected chi connectivity index (χ4v) is 2.70. The van der Waals surface area contributed by atoms with Gasteiger partial charge in [-0.25, -0.2) is 4.79 Å². The summed E-state index contributed by atoms with van der Waals surface area (Å²) >= 11 is 12.1. The van der Waals surface area contributed by atoms with E-state index in [4.69, 9.17) is 27.9 Å². The molecule has 0 heterocycles. The zero-order valence-electron chi connectivity index (χ0n) is 13.1. The average molecular weight is 345 g/mol. The van der Waals surface area contributed by atoms with Gasteiger partial charge in [0.15, 0.2) is 0 Å². The van der Waals surface area contributed by atoms with Crippen LogP contribution in [0.3, 0.4) is 0 Å². The zero-order chi connectivity index (χ0) is 16.3. The number of amides is 1. The van der Waals surface area contributed by atoms with Crippen LogP contribution >= 0.6 is 23.2 Å². The molecule has 2 rings (SSSR count). The summed E-state index contributed by atoms with van der Waals surface area (Å²) in [4.78, 5) is 11.6. The maximum absolute atomic E-state index is 11.6. The fourth-order valence-electron chi connectivity index (χ4n) is 2.32. The fraction of sp³-hybridized carbons (Fsp3) is 0.562. The Bertz CT molecular complexity index is 537. The molecular weight excluding hydrogens is 323 g/mol. The van der Waals surface area contributed by atoms with E-state index in [1.54, 1.807) is 6.07 Å². The summed E-state index contributed by atoms with van der Waals surface area (Å²) in [5, 5.41) is 7.46. The number of carbonyl (C=O) groups excluding carboxylic acids is 1. The molecule has 1 aliphatic rings. The van der Waals surface area contributed by atoms with Crippen molar-refractivity contribution in [3.8, 4) is 0 Å². The number of hydrogen-bond donors (Lipinski definition) is 2. The maximum Gasteiger partial charge on any atom is 0.407 e. The number of carbonyl (C=O) groups is 1. The average Bonchev–Trinajstić information content (AvgIpc) is 2.34. The number of nitrogens with one attached hydrogen (secondary N) is 2. The van der Waals surface area contributed by atoms with Gasteiger partial charge in [-0.1, -0.05) is 35.3 Å². The molecular formula is C16H22Cl2N2O2. The molecule has 1 aromatic carbocycles. The highest BCUT2D eigenvalue weighted by Gasteiger charge is 2.31. The van der Waals surface area contributed by atoms with Crippen molar-refractivity contribution in [3.05, 3.63) is 33.8 Å². The summed E-state index contributed by atoms with van der Waals surface area (Å²) < 4.78 is 5.23. The molecule has 122 valence electrons. The minimum absolute atomic E-state index is 0.169. The van der Waals surface area contributed by atoms with Gasteiger partial charge < -0.3 is 15.4 Å². The Morgan fingerprint density at radius 1 is 1.27 bits per heavy atom. The van der Waals surface area contributed by atoms with Gasteiger partial charge in [-0.3, -0.25) is 0 Å². The summed E-state index contributed by atoms with van der Waals surface area (Å²) in [7, 11) is 0. The number of hydrogen-bond acceptors (Lipinski definition) is 3. The van der Waals surface area contributed by atoms with E-state index in [9.17, 15) is 4.79 Å².